The zero-order valence-electron chi connectivity index (χ0n) is 11.4. The van der Waals surface area contributed by atoms with Crippen molar-refractivity contribution in [2.75, 3.05) is 21.3 Å². The monoisotopic (exact) mass is 271 g/mol. The minimum Gasteiger partial charge on any atom is -0.497 e. The molecule has 0 aromatic heterocycles. The molecule has 1 aromatic carbocycles. The zero-order valence-corrected chi connectivity index (χ0v) is 11.4. The van der Waals surface area contributed by atoms with Gasteiger partial charge in [-0.3, -0.25) is 4.79 Å². The first-order valence-electron chi connectivity index (χ1n) is 5.73. The second kappa shape index (κ2) is 7.06. The predicted octanol–water partition coefficient (Wildman–Crippen LogP) is 1.57. The standard InChI is InChI=1S/C13H18FNO4/c1-8(13(18-3)19-4)15-12(16)10-6-5-9(17-2)7-11(10)14/h5-8,13H,1-4H3,(H,15,16). The van der Waals surface area contributed by atoms with E-state index in [0.29, 0.717) is 5.75 Å². The number of ether oxygens (including phenoxy) is 3. The van der Waals surface area contributed by atoms with Gasteiger partial charge in [0.15, 0.2) is 6.29 Å². The summed E-state index contributed by atoms with van der Waals surface area (Å²) in [4.78, 5) is 11.9. The number of amides is 1. The van der Waals surface area contributed by atoms with Gasteiger partial charge in [0.05, 0.1) is 18.7 Å². The third kappa shape index (κ3) is 3.90. The lowest BCUT2D eigenvalue weighted by molar-refractivity contribution is -0.117. The fraction of sp³-hybridized carbons (Fsp3) is 0.462. The van der Waals surface area contributed by atoms with Crippen LogP contribution in [0.4, 0.5) is 4.39 Å². The molecule has 1 aromatic rings. The zero-order chi connectivity index (χ0) is 14.4. The lowest BCUT2D eigenvalue weighted by Crippen LogP contribution is -2.43. The normalized spacial score (nSPS) is 12.3. The van der Waals surface area contributed by atoms with E-state index < -0.39 is 24.1 Å². The van der Waals surface area contributed by atoms with Crippen molar-refractivity contribution < 1.29 is 23.4 Å². The SMILES string of the molecule is COc1ccc(C(=O)NC(C)C(OC)OC)c(F)c1. The Morgan fingerprint density at radius 1 is 1.26 bits per heavy atom. The molecule has 0 saturated carbocycles. The van der Waals surface area contributed by atoms with Crippen molar-refractivity contribution in [2.45, 2.75) is 19.3 Å². The van der Waals surface area contributed by atoms with Gasteiger partial charge in [-0.05, 0) is 19.1 Å². The minimum atomic E-state index is -0.643. The second-order valence-corrected chi connectivity index (χ2v) is 3.95. The van der Waals surface area contributed by atoms with Crippen LogP contribution >= 0.6 is 0 Å². The Balaban J connectivity index is 2.78. The van der Waals surface area contributed by atoms with Crippen molar-refractivity contribution >= 4 is 5.91 Å². The quantitative estimate of drug-likeness (QED) is 0.798. The highest BCUT2D eigenvalue weighted by Crippen LogP contribution is 2.16. The Bertz CT molecular complexity index is 435. The summed E-state index contributed by atoms with van der Waals surface area (Å²) in [5, 5.41) is 2.61. The van der Waals surface area contributed by atoms with Gasteiger partial charge < -0.3 is 19.5 Å². The maximum Gasteiger partial charge on any atom is 0.254 e. The Morgan fingerprint density at radius 3 is 2.37 bits per heavy atom. The summed E-state index contributed by atoms with van der Waals surface area (Å²) in [6, 6.07) is 3.63. The van der Waals surface area contributed by atoms with Gasteiger partial charge in [-0.15, -0.1) is 0 Å². The number of halogens is 1. The molecule has 19 heavy (non-hydrogen) atoms. The van der Waals surface area contributed by atoms with E-state index in [9.17, 15) is 9.18 Å². The van der Waals surface area contributed by atoms with E-state index in [1.165, 1.54) is 33.5 Å². The Labute approximate surface area is 111 Å². The van der Waals surface area contributed by atoms with Crippen LogP contribution in [-0.4, -0.2) is 39.6 Å². The number of methoxy groups -OCH3 is 3. The molecule has 5 nitrogen and oxygen atoms in total. The van der Waals surface area contributed by atoms with Crippen LogP contribution in [0.5, 0.6) is 5.75 Å². The molecule has 0 aliphatic rings. The van der Waals surface area contributed by atoms with Crippen molar-refractivity contribution in [2.24, 2.45) is 0 Å². The van der Waals surface area contributed by atoms with Crippen LogP contribution in [0.2, 0.25) is 0 Å². The van der Waals surface area contributed by atoms with Crippen molar-refractivity contribution in [3.63, 3.8) is 0 Å². The van der Waals surface area contributed by atoms with E-state index >= 15 is 0 Å². The highest BCUT2D eigenvalue weighted by Gasteiger charge is 2.20. The number of hydrogen-bond donors (Lipinski definition) is 1. The maximum absolute atomic E-state index is 13.7. The van der Waals surface area contributed by atoms with E-state index in [2.05, 4.69) is 5.32 Å². The van der Waals surface area contributed by atoms with Crippen LogP contribution in [0.3, 0.4) is 0 Å². The van der Waals surface area contributed by atoms with Crippen LogP contribution in [0.25, 0.3) is 0 Å². The lowest BCUT2D eigenvalue weighted by Gasteiger charge is -2.22. The summed E-state index contributed by atoms with van der Waals surface area (Å²) >= 11 is 0. The molecule has 0 bridgehead atoms. The fourth-order valence-electron chi connectivity index (χ4n) is 1.66. The third-order valence-corrected chi connectivity index (χ3v) is 2.65. The summed E-state index contributed by atoms with van der Waals surface area (Å²) in [7, 11) is 4.36. The van der Waals surface area contributed by atoms with Crippen LogP contribution in [0.15, 0.2) is 18.2 Å². The van der Waals surface area contributed by atoms with Crippen molar-refractivity contribution in [1.29, 1.82) is 0 Å². The molecule has 1 rings (SSSR count). The number of carbonyl (C=O) groups is 1. The van der Waals surface area contributed by atoms with Gasteiger partial charge in [0.2, 0.25) is 0 Å². The summed E-state index contributed by atoms with van der Waals surface area (Å²) in [6.07, 6.45) is -0.592. The molecular formula is C13H18FNO4. The van der Waals surface area contributed by atoms with E-state index in [1.54, 1.807) is 6.92 Å². The Kier molecular flexibility index (Phi) is 5.72. The number of rotatable bonds is 6. The molecule has 1 atom stereocenters. The molecule has 0 fully saturated rings. The highest BCUT2D eigenvalue weighted by atomic mass is 19.1. The summed E-state index contributed by atoms with van der Waals surface area (Å²) in [6.45, 7) is 1.71. The van der Waals surface area contributed by atoms with Crippen molar-refractivity contribution in [3.05, 3.63) is 29.6 Å². The van der Waals surface area contributed by atoms with Gasteiger partial charge in [0.25, 0.3) is 5.91 Å². The van der Waals surface area contributed by atoms with Crippen molar-refractivity contribution in [3.8, 4) is 5.75 Å². The van der Waals surface area contributed by atoms with E-state index in [0.717, 1.165) is 6.07 Å². The molecule has 106 valence electrons. The molecule has 0 aliphatic heterocycles. The molecule has 6 heteroatoms. The Morgan fingerprint density at radius 2 is 1.89 bits per heavy atom. The van der Waals surface area contributed by atoms with E-state index in [1.807, 2.05) is 0 Å². The first kappa shape index (κ1) is 15.4. The van der Waals surface area contributed by atoms with E-state index in [-0.39, 0.29) is 5.56 Å². The van der Waals surface area contributed by atoms with Crippen LogP contribution in [0.1, 0.15) is 17.3 Å². The second-order valence-electron chi connectivity index (χ2n) is 3.95. The molecule has 1 unspecified atom stereocenters. The molecule has 0 spiro atoms. The van der Waals surface area contributed by atoms with Crippen LogP contribution < -0.4 is 10.1 Å². The molecule has 0 radical (unpaired) electrons. The smallest absolute Gasteiger partial charge is 0.254 e. The van der Waals surface area contributed by atoms with Gasteiger partial charge in [0.1, 0.15) is 11.6 Å². The van der Waals surface area contributed by atoms with Gasteiger partial charge in [-0.2, -0.15) is 0 Å². The highest BCUT2D eigenvalue weighted by molar-refractivity contribution is 5.94. The van der Waals surface area contributed by atoms with Gasteiger partial charge in [0, 0.05) is 20.3 Å². The summed E-state index contributed by atoms with van der Waals surface area (Å²) in [5.41, 5.74) is -0.0568. The van der Waals surface area contributed by atoms with Crippen LogP contribution in [-0.2, 0) is 9.47 Å². The lowest BCUT2D eigenvalue weighted by atomic mass is 10.1. The predicted molar refractivity (Wildman–Crippen MR) is 67.7 cm³/mol. The number of hydrogen-bond acceptors (Lipinski definition) is 4. The average Bonchev–Trinajstić information content (AvgIpc) is 2.39. The number of benzene rings is 1. The molecule has 1 N–H and O–H groups in total. The summed E-state index contributed by atoms with van der Waals surface area (Å²) in [5.74, 6) is -0.823. The number of carbonyl (C=O) groups excluding carboxylic acids is 1. The average molecular weight is 271 g/mol. The molecule has 0 saturated heterocycles. The van der Waals surface area contributed by atoms with Gasteiger partial charge >= 0.3 is 0 Å². The van der Waals surface area contributed by atoms with Gasteiger partial charge in [-0.1, -0.05) is 0 Å². The maximum atomic E-state index is 13.7. The summed E-state index contributed by atoms with van der Waals surface area (Å²) < 4.78 is 28.6. The first-order chi connectivity index (χ1) is 9.03. The Hall–Kier alpha value is -1.66. The van der Waals surface area contributed by atoms with Gasteiger partial charge in [-0.25, -0.2) is 4.39 Å². The third-order valence-electron chi connectivity index (χ3n) is 2.65. The first-order valence-corrected chi connectivity index (χ1v) is 5.73. The largest absolute Gasteiger partial charge is 0.497 e. The topological polar surface area (TPSA) is 56.8 Å². The van der Waals surface area contributed by atoms with E-state index in [4.69, 9.17) is 14.2 Å². The van der Waals surface area contributed by atoms with Crippen molar-refractivity contribution in [1.82, 2.24) is 5.32 Å². The molecule has 1 amide bonds. The fourth-order valence-corrected chi connectivity index (χ4v) is 1.66. The number of nitrogens with one attached hydrogen (secondary N) is 1. The molecule has 0 heterocycles. The molecule has 0 aliphatic carbocycles. The molecular weight excluding hydrogens is 253 g/mol. The van der Waals surface area contributed by atoms with Crippen LogP contribution in [0, 0.1) is 5.82 Å². The minimum absolute atomic E-state index is 0.0568.